The molecule has 1 aliphatic rings. The van der Waals surface area contributed by atoms with E-state index in [4.69, 9.17) is 37.4 Å². The van der Waals surface area contributed by atoms with E-state index in [0.29, 0.717) is 34.8 Å². The van der Waals surface area contributed by atoms with Crippen LogP contribution in [0.25, 0.3) is 5.69 Å². The molecule has 2 atom stereocenters. The van der Waals surface area contributed by atoms with E-state index in [1.54, 1.807) is 30.9 Å². The van der Waals surface area contributed by atoms with Crippen LogP contribution in [0, 0.1) is 0 Å². The van der Waals surface area contributed by atoms with Gasteiger partial charge in [-0.25, -0.2) is 9.97 Å². The second kappa shape index (κ2) is 8.96. The maximum absolute atomic E-state index is 6.52. The van der Waals surface area contributed by atoms with E-state index < -0.39 is 5.79 Å². The summed E-state index contributed by atoms with van der Waals surface area (Å²) in [6.45, 7) is 0.976. The van der Waals surface area contributed by atoms with Gasteiger partial charge in [-0.3, -0.25) is 4.57 Å². The second-order valence-electron chi connectivity index (χ2n) is 7.39. The minimum atomic E-state index is -1.09. The normalized spacial score (nSPS) is 20.5. The fourth-order valence-corrected chi connectivity index (χ4v) is 4.28. The Balaban J connectivity index is 1.35. The molecule has 7 nitrogen and oxygen atoms in total. The largest absolute Gasteiger partial charge is 0.462 e. The molecule has 3 heterocycles. The molecule has 9 heteroatoms. The highest BCUT2D eigenvalue weighted by atomic mass is 35.5. The van der Waals surface area contributed by atoms with Gasteiger partial charge in [0.2, 0.25) is 5.79 Å². The third kappa shape index (κ3) is 4.25. The van der Waals surface area contributed by atoms with Gasteiger partial charge < -0.3 is 18.8 Å². The number of aromatic nitrogens is 4. The van der Waals surface area contributed by atoms with Crippen molar-refractivity contribution in [2.45, 2.75) is 18.4 Å². The van der Waals surface area contributed by atoms with E-state index in [1.807, 2.05) is 57.9 Å². The first-order valence-electron chi connectivity index (χ1n) is 10.1. The summed E-state index contributed by atoms with van der Waals surface area (Å²) in [6.07, 6.45) is 8.48. The molecule has 0 N–H and O–H groups in total. The van der Waals surface area contributed by atoms with Crippen LogP contribution in [0.2, 0.25) is 10.0 Å². The third-order valence-electron chi connectivity index (χ3n) is 5.19. The lowest BCUT2D eigenvalue weighted by Crippen LogP contribution is -2.34. The van der Waals surface area contributed by atoms with Crippen molar-refractivity contribution in [3.8, 4) is 11.7 Å². The predicted molar refractivity (Wildman–Crippen MR) is 120 cm³/mol. The number of para-hydroxylation sites is 1. The van der Waals surface area contributed by atoms with Crippen LogP contribution in [-0.4, -0.2) is 38.4 Å². The molecular formula is C23H20Cl2N4O3. The van der Waals surface area contributed by atoms with Crippen molar-refractivity contribution in [3.05, 3.63) is 95.3 Å². The summed E-state index contributed by atoms with van der Waals surface area (Å²) >= 11 is 12.6. The molecule has 1 saturated heterocycles. The molecular weight excluding hydrogens is 451 g/mol. The van der Waals surface area contributed by atoms with Gasteiger partial charge >= 0.3 is 6.01 Å². The molecule has 2 aromatic carbocycles. The van der Waals surface area contributed by atoms with Crippen molar-refractivity contribution in [1.29, 1.82) is 0 Å². The van der Waals surface area contributed by atoms with Gasteiger partial charge in [-0.15, -0.1) is 0 Å². The average molecular weight is 471 g/mol. The summed E-state index contributed by atoms with van der Waals surface area (Å²) in [5.41, 5.74) is 1.66. The van der Waals surface area contributed by atoms with Crippen LogP contribution in [0.1, 0.15) is 5.56 Å². The first-order chi connectivity index (χ1) is 15.6. The highest BCUT2D eigenvalue weighted by Gasteiger charge is 2.45. The first kappa shape index (κ1) is 21.0. The summed E-state index contributed by atoms with van der Waals surface area (Å²) in [7, 11) is 0. The number of hydrogen-bond acceptors (Lipinski definition) is 5. The maximum Gasteiger partial charge on any atom is 0.301 e. The van der Waals surface area contributed by atoms with E-state index in [-0.39, 0.29) is 12.7 Å². The van der Waals surface area contributed by atoms with Crippen molar-refractivity contribution in [3.63, 3.8) is 0 Å². The average Bonchev–Trinajstić information content (AvgIpc) is 3.55. The Kier molecular flexibility index (Phi) is 5.89. The number of halogens is 2. The van der Waals surface area contributed by atoms with Crippen molar-refractivity contribution in [2.75, 3.05) is 13.2 Å². The highest BCUT2D eigenvalue weighted by molar-refractivity contribution is 6.35. The third-order valence-corrected chi connectivity index (χ3v) is 5.74. The number of rotatable bonds is 7. The van der Waals surface area contributed by atoms with Gasteiger partial charge in [-0.05, 0) is 24.3 Å². The molecule has 0 spiro atoms. The molecule has 0 aliphatic carbocycles. The SMILES string of the molecule is Clc1ccc(C2(Cn3ccnc3)OCC(COc3nccn3-c3ccccc3)O2)c(Cl)c1. The first-order valence-corrected chi connectivity index (χ1v) is 10.8. The van der Waals surface area contributed by atoms with E-state index in [0.717, 1.165) is 5.69 Å². The molecule has 32 heavy (non-hydrogen) atoms. The Labute approximate surface area is 195 Å². The molecule has 164 valence electrons. The molecule has 5 rings (SSSR count). The number of imidazole rings is 2. The summed E-state index contributed by atoms with van der Waals surface area (Å²) in [5, 5.41) is 1.01. The molecule has 2 unspecified atom stereocenters. The lowest BCUT2D eigenvalue weighted by molar-refractivity contribution is -0.189. The van der Waals surface area contributed by atoms with Crippen LogP contribution in [0.3, 0.4) is 0 Å². The lowest BCUT2D eigenvalue weighted by Gasteiger charge is -2.30. The molecule has 0 saturated carbocycles. The summed E-state index contributed by atoms with van der Waals surface area (Å²) in [5.74, 6) is -1.09. The van der Waals surface area contributed by atoms with Gasteiger partial charge in [-0.1, -0.05) is 47.5 Å². The zero-order valence-corrected chi connectivity index (χ0v) is 18.5. The van der Waals surface area contributed by atoms with Gasteiger partial charge in [0, 0.05) is 35.4 Å². The zero-order valence-electron chi connectivity index (χ0n) is 17.0. The van der Waals surface area contributed by atoms with Crippen LogP contribution in [0.15, 0.2) is 79.6 Å². The quantitative estimate of drug-likeness (QED) is 0.390. The lowest BCUT2D eigenvalue weighted by atomic mass is 10.1. The standard InChI is InChI=1S/C23H20Cl2N4O3/c24-17-6-7-20(21(25)12-17)23(15-28-10-8-26-16-28)31-14-19(32-23)13-30-22-27-9-11-29(22)18-4-2-1-3-5-18/h1-12,16,19H,13-15H2. The van der Waals surface area contributed by atoms with Crippen molar-refractivity contribution in [1.82, 2.24) is 19.1 Å². The number of benzene rings is 2. The van der Waals surface area contributed by atoms with E-state index in [9.17, 15) is 0 Å². The van der Waals surface area contributed by atoms with Crippen LogP contribution < -0.4 is 4.74 Å². The van der Waals surface area contributed by atoms with E-state index in [1.165, 1.54) is 0 Å². The molecule has 2 aromatic heterocycles. The van der Waals surface area contributed by atoms with Crippen molar-refractivity contribution in [2.24, 2.45) is 0 Å². The van der Waals surface area contributed by atoms with Gasteiger partial charge in [-0.2, -0.15) is 0 Å². The smallest absolute Gasteiger partial charge is 0.301 e. The minimum absolute atomic E-state index is 0.265. The van der Waals surface area contributed by atoms with Gasteiger partial charge in [0.25, 0.3) is 0 Å². The number of nitrogens with zero attached hydrogens (tertiary/aromatic N) is 4. The highest BCUT2D eigenvalue weighted by Crippen LogP contribution is 2.40. The van der Waals surface area contributed by atoms with Crippen LogP contribution >= 0.6 is 23.2 Å². The minimum Gasteiger partial charge on any atom is -0.462 e. The molecule has 1 fully saturated rings. The Morgan fingerprint density at radius 3 is 2.75 bits per heavy atom. The monoisotopic (exact) mass is 470 g/mol. The fraction of sp³-hybridized carbons (Fsp3) is 0.217. The van der Waals surface area contributed by atoms with Crippen molar-refractivity contribution < 1.29 is 14.2 Å². The van der Waals surface area contributed by atoms with E-state index in [2.05, 4.69) is 9.97 Å². The molecule has 0 amide bonds. The second-order valence-corrected chi connectivity index (χ2v) is 8.23. The molecule has 1 aliphatic heterocycles. The zero-order chi connectivity index (χ0) is 22.0. The fourth-order valence-electron chi connectivity index (χ4n) is 3.72. The van der Waals surface area contributed by atoms with Crippen LogP contribution in [-0.2, 0) is 21.8 Å². The maximum atomic E-state index is 6.52. The van der Waals surface area contributed by atoms with Crippen molar-refractivity contribution >= 4 is 23.2 Å². The predicted octanol–water partition coefficient (Wildman–Crippen LogP) is 4.72. The molecule has 0 radical (unpaired) electrons. The molecule has 0 bridgehead atoms. The van der Waals surface area contributed by atoms with E-state index >= 15 is 0 Å². The Bertz CT molecular complexity index is 1180. The van der Waals surface area contributed by atoms with Crippen LogP contribution in [0.4, 0.5) is 0 Å². The summed E-state index contributed by atoms with van der Waals surface area (Å²) in [6, 6.07) is 15.6. The Hall–Kier alpha value is -2.84. The summed E-state index contributed by atoms with van der Waals surface area (Å²) < 4.78 is 22.4. The van der Waals surface area contributed by atoms with Gasteiger partial charge in [0.05, 0.1) is 30.2 Å². The number of hydrogen-bond donors (Lipinski definition) is 0. The van der Waals surface area contributed by atoms with Crippen LogP contribution in [0.5, 0.6) is 6.01 Å². The van der Waals surface area contributed by atoms with Gasteiger partial charge in [0.1, 0.15) is 12.7 Å². The Morgan fingerprint density at radius 1 is 1.09 bits per heavy atom. The number of ether oxygens (including phenoxy) is 3. The Morgan fingerprint density at radius 2 is 1.97 bits per heavy atom. The van der Waals surface area contributed by atoms with Gasteiger partial charge in [0.15, 0.2) is 0 Å². The molecule has 4 aromatic rings. The topological polar surface area (TPSA) is 63.3 Å². The summed E-state index contributed by atoms with van der Waals surface area (Å²) in [4.78, 5) is 8.44.